The van der Waals surface area contributed by atoms with Gasteiger partial charge in [-0.1, -0.05) is 26.2 Å². The summed E-state index contributed by atoms with van der Waals surface area (Å²) >= 11 is 0. The van der Waals surface area contributed by atoms with Crippen LogP contribution < -0.4 is 5.32 Å². The highest BCUT2D eigenvalue weighted by atomic mass is 16.5. The third kappa shape index (κ3) is 1.86. The maximum absolute atomic E-state index is 11.7. The maximum Gasteiger partial charge on any atom is 0.221 e. The standard InChI is InChI=1S/C13H23NO2/c1-3-16-10-12(2)9-11(15)14-13(12)7-5-4-6-8-13/h3-10H2,1-2H3,(H,14,15). The fourth-order valence-electron chi connectivity index (χ4n) is 3.39. The van der Waals surface area contributed by atoms with Crippen LogP contribution in [-0.4, -0.2) is 24.7 Å². The lowest BCUT2D eigenvalue weighted by atomic mass is 9.65. The quantitative estimate of drug-likeness (QED) is 0.800. The molecule has 2 rings (SSSR count). The molecule has 1 aliphatic heterocycles. The van der Waals surface area contributed by atoms with Crippen LogP contribution in [0.15, 0.2) is 0 Å². The Morgan fingerprint density at radius 3 is 2.62 bits per heavy atom. The molecule has 2 fully saturated rings. The van der Waals surface area contributed by atoms with Gasteiger partial charge in [0.05, 0.1) is 6.61 Å². The van der Waals surface area contributed by atoms with E-state index in [0.717, 1.165) is 19.4 Å². The molecule has 3 heteroatoms. The molecule has 1 aliphatic carbocycles. The first-order valence-electron chi connectivity index (χ1n) is 6.51. The normalized spacial score (nSPS) is 33.0. The lowest BCUT2D eigenvalue weighted by molar-refractivity contribution is -0.120. The van der Waals surface area contributed by atoms with Gasteiger partial charge in [0.15, 0.2) is 0 Å². The van der Waals surface area contributed by atoms with E-state index in [1.54, 1.807) is 0 Å². The molecule has 1 amide bonds. The fraction of sp³-hybridized carbons (Fsp3) is 0.923. The molecule has 0 aromatic heterocycles. The number of hydrogen-bond acceptors (Lipinski definition) is 2. The van der Waals surface area contributed by atoms with Crippen LogP contribution in [0.1, 0.15) is 52.4 Å². The molecular weight excluding hydrogens is 202 g/mol. The highest BCUT2D eigenvalue weighted by Crippen LogP contribution is 2.48. The van der Waals surface area contributed by atoms with E-state index in [4.69, 9.17) is 4.74 Å². The molecule has 0 aromatic carbocycles. The van der Waals surface area contributed by atoms with Gasteiger partial charge in [0.25, 0.3) is 0 Å². The van der Waals surface area contributed by atoms with Crippen LogP contribution in [0.5, 0.6) is 0 Å². The summed E-state index contributed by atoms with van der Waals surface area (Å²) in [5.41, 5.74) is 0.0258. The Morgan fingerprint density at radius 2 is 2.00 bits per heavy atom. The minimum absolute atomic E-state index is 0.000509. The summed E-state index contributed by atoms with van der Waals surface area (Å²) in [4.78, 5) is 11.7. The number of carbonyl (C=O) groups excluding carboxylic acids is 1. The lowest BCUT2D eigenvalue weighted by Gasteiger charge is -2.45. The van der Waals surface area contributed by atoms with Crippen molar-refractivity contribution in [3.05, 3.63) is 0 Å². The average molecular weight is 225 g/mol. The molecular formula is C13H23NO2. The van der Waals surface area contributed by atoms with Crippen LogP contribution in [0, 0.1) is 5.41 Å². The molecule has 92 valence electrons. The largest absolute Gasteiger partial charge is 0.381 e. The van der Waals surface area contributed by atoms with E-state index in [0.29, 0.717) is 13.0 Å². The zero-order chi connectivity index (χ0) is 11.6. The highest BCUT2D eigenvalue weighted by molar-refractivity contribution is 5.81. The predicted octanol–water partition coefficient (Wildman–Crippen LogP) is 2.25. The topological polar surface area (TPSA) is 38.3 Å². The molecule has 1 atom stereocenters. The van der Waals surface area contributed by atoms with Gasteiger partial charge in [-0.2, -0.15) is 0 Å². The van der Waals surface area contributed by atoms with Crippen LogP contribution in [-0.2, 0) is 9.53 Å². The Kier molecular flexibility index (Phi) is 3.24. The lowest BCUT2D eigenvalue weighted by Crippen LogP contribution is -2.54. The smallest absolute Gasteiger partial charge is 0.221 e. The van der Waals surface area contributed by atoms with E-state index in [2.05, 4.69) is 12.2 Å². The molecule has 16 heavy (non-hydrogen) atoms. The summed E-state index contributed by atoms with van der Waals surface area (Å²) in [6, 6.07) is 0. The van der Waals surface area contributed by atoms with Crippen LogP contribution >= 0.6 is 0 Å². The second-order valence-electron chi connectivity index (χ2n) is 5.57. The Balaban J connectivity index is 2.16. The summed E-state index contributed by atoms with van der Waals surface area (Å²) < 4.78 is 5.60. The van der Waals surface area contributed by atoms with Gasteiger partial charge in [0.1, 0.15) is 0 Å². The van der Waals surface area contributed by atoms with Crippen molar-refractivity contribution in [3.8, 4) is 0 Å². The molecule has 1 saturated heterocycles. The van der Waals surface area contributed by atoms with Crippen molar-refractivity contribution in [2.75, 3.05) is 13.2 Å². The Bertz CT molecular complexity index is 271. The molecule has 1 saturated carbocycles. The van der Waals surface area contributed by atoms with Gasteiger partial charge in [-0.25, -0.2) is 0 Å². The molecule has 1 spiro atoms. The summed E-state index contributed by atoms with van der Waals surface area (Å²) in [5.74, 6) is 0.212. The first-order chi connectivity index (χ1) is 7.62. The number of hydrogen-bond donors (Lipinski definition) is 1. The van der Waals surface area contributed by atoms with Gasteiger partial charge in [-0.15, -0.1) is 0 Å². The molecule has 2 aliphatic rings. The third-order valence-corrected chi connectivity index (χ3v) is 4.42. The predicted molar refractivity (Wildman–Crippen MR) is 63.2 cm³/mol. The van der Waals surface area contributed by atoms with Crippen molar-refractivity contribution in [3.63, 3.8) is 0 Å². The molecule has 3 nitrogen and oxygen atoms in total. The number of amides is 1. The zero-order valence-electron chi connectivity index (χ0n) is 10.5. The fourth-order valence-corrected chi connectivity index (χ4v) is 3.39. The van der Waals surface area contributed by atoms with Crippen molar-refractivity contribution >= 4 is 5.91 Å². The Morgan fingerprint density at radius 1 is 1.31 bits per heavy atom. The van der Waals surface area contributed by atoms with E-state index in [1.807, 2.05) is 6.92 Å². The van der Waals surface area contributed by atoms with Crippen LogP contribution in [0.25, 0.3) is 0 Å². The zero-order valence-corrected chi connectivity index (χ0v) is 10.5. The SMILES string of the molecule is CCOCC1(C)CC(=O)NC12CCCCC2. The van der Waals surface area contributed by atoms with Crippen molar-refractivity contribution in [2.24, 2.45) is 5.41 Å². The highest BCUT2D eigenvalue weighted by Gasteiger charge is 2.55. The van der Waals surface area contributed by atoms with Crippen molar-refractivity contribution in [2.45, 2.75) is 57.9 Å². The Hall–Kier alpha value is -0.570. The molecule has 1 N–H and O–H groups in total. The van der Waals surface area contributed by atoms with Gasteiger partial charge in [0, 0.05) is 24.0 Å². The molecule has 0 bridgehead atoms. The summed E-state index contributed by atoms with van der Waals surface area (Å²) in [7, 11) is 0. The van der Waals surface area contributed by atoms with Crippen molar-refractivity contribution < 1.29 is 9.53 Å². The van der Waals surface area contributed by atoms with Gasteiger partial charge < -0.3 is 10.1 Å². The third-order valence-electron chi connectivity index (χ3n) is 4.42. The van der Waals surface area contributed by atoms with Crippen LogP contribution in [0.2, 0.25) is 0 Å². The summed E-state index contributed by atoms with van der Waals surface area (Å²) in [6.07, 6.45) is 6.67. The van der Waals surface area contributed by atoms with Gasteiger partial charge in [-0.3, -0.25) is 4.79 Å². The molecule has 0 radical (unpaired) electrons. The Labute approximate surface area is 97.9 Å². The van der Waals surface area contributed by atoms with Crippen molar-refractivity contribution in [1.82, 2.24) is 5.32 Å². The second kappa shape index (κ2) is 4.36. The summed E-state index contributed by atoms with van der Waals surface area (Å²) in [6.45, 7) is 5.68. The van der Waals surface area contributed by atoms with Crippen LogP contribution in [0.4, 0.5) is 0 Å². The average Bonchev–Trinajstić information content (AvgIpc) is 2.49. The number of carbonyl (C=O) groups is 1. The monoisotopic (exact) mass is 225 g/mol. The number of ether oxygens (including phenoxy) is 1. The molecule has 0 aromatic rings. The van der Waals surface area contributed by atoms with Gasteiger partial charge in [0.2, 0.25) is 5.91 Å². The number of rotatable bonds is 3. The maximum atomic E-state index is 11.7. The van der Waals surface area contributed by atoms with E-state index < -0.39 is 0 Å². The van der Waals surface area contributed by atoms with Crippen LogP contribution in [0.3, 0.4) is 0 Å². The van der Waals surface area contributed by atoms with E-state index in [-0.39, 0.29) is 16.9 Å². The number of nitrogens with one attached hydrogen (secondary N) is 1. The van der Waals surface area contributed by atoms with Crippen molar-refractivity contribution in [1.29, 1.82) is 0 Å². The van der Waals surface area contributed by atoms with E-state index in [1.165, 1.54) is 19.3 Å². The minimum Gasteiger partial charge on any atom is -0.381 e. The van der Waals surface area contributed by atoms with E-state index >= 15 is 0 Å². The second-order valence-corrected chi connectivity index (χ2v) is 5.57. The van der Waals surface area contributed by atoms with E-state index in [9.17, 15) is 4.79 Å². The summed E-state index contributed by atoms with van der Waals surface area (Å²) in [5, 5.41) is 3.25. The first-order valence-corrected chi connectivity index (χ1v) is 6.51. The molecule has 1 heterocycles. The van der Waals surface area contributed by atoms with Gasteiger partial charge in [-0.05, 0) is 19.8 Å². The first kappa shape index (κ1) is 11.9. The molecule has 1 unspecified atom stereocenters. The van der Waals surface area contributed by atoms with Gasteiger partial charge >= 0.3 is 0 Å². The minimum atomic E-state index is 0.000509.